The van der Waals surface area contributed by atoms with Crippen molar-refractivity contribution in [2.24, 2.45) is 17.3 Å². The summed E-state index contributed by atoms with van der Waals surface area (Å²) in [6.45, 7) is 11.8. The van der Waals surface area contributed by atoms with Gasteiger partial charge in [-0.2, -0.15) is 0 Å². The minimum atomic E-state index is -0.432. The second kappa shape index (κ2) is 8.36. The van der Waals surface area contributed by atoms with E-state index in [2.05, 4.69) is 45.6 Å². The SMILES string of the molecule is C=C/C=C/CC1=C(C)C(OC(=O)C2C(/C=C(/C)c3ccccc3)C2(C)C)CC1=O. The largest absolute Gasteiger partial charge is 0.457 e. The average molecular weight is 391 g/mol. The Kier molecular flexibility index (Phi) is 6.07. The molecule has 0 spiro atoms. The summed E-state index contributed by atoms with van der Waals surface area (Å²) in [6.07, 6.45) is 7.99. The first-order valence-corrected chi connectivity index (χ1v) is 10.2. The summed E-state index contributed by atoms with van der Waals surface area (Å²) in [5.41, 5.74) is 3.83. The molecule has 3 nitrogen and oxygen atoms in total. The summed E-state index contributed by atoms with van der Waals surface area (Å²) >= 11 is 0. The van der Waals surface area contributed by atoms with Gasteiger partial charge in [-0.05, 0) is 48.3 Å². The molecule has 1 aromatic carbocycles. The molecule has 0 saturated heterocycles. The molecular formula is C26H30O3. The Bertz CT molecular complexity index is 899. The highest BCUT2D eigenvalue weighted by Crippen LogP contribution is 2.60. The third-order valence-corrected chi connectivity index (χ3v) is 6.34. The molecule has 0 amide bonds. The smallest absolute Gasteiger partial charge is 0.310 e. The van der Waals surface area contributed by atoms with Crippen molar-refractivity contribution in [1.82, 2.24) is 0 Å². The highest BCUT2D eigenvalue weighted by Gasteiger charge is 2.61. The van der Waals surface area contributed by atoms with Crippen molar-refractivity contribution < 1.29 is 14.3 Å². The molecule has 1 aromatic rings. The molecule has 3 unspecified atom stereocenters. The van der Waals surface area contributed by atoms with Gasteiger partial charge in [-0.25, -0.2) is 0 Å². The van der Waals surface area contributed by atoms with Gasteiger partial charge in [-0.1, -0.05) is 75.1 Å². The molecule has 0 heterocycles. The van der Waals surface area contributed by atoms with Crippen molar-refractivity contribution in [3.05, 3.63) is 77.9 Å². The van der Waals surface area contributed by atoms with Gasteiger partial charge in [-0.15, -0.1) is 0 Å². The van der Waals surface area contributed by atoms with Crippen LogP contribution in [-0.4, -0.2) is 17.9 Å². The van der Waals surface area contributed by atoms with E-state index in [-0.39, 0.29) is 35.4 Å². The van der Waals surface area contributed by atoms with Crippen molar-refractivity contribution in [2.75, 3.05) is 0 Å². The maximum atomic E-state index is 12.9. The molecule has 3 heteroatoms. The number of benzene rings is 1. The number of rotatable bonds is 7. The van der Waals surface area contributed by atoms with E-state index < -0.39 is 6.10 Å². The number of esters is 1. The van der Waals surface area contributed by atoms with Gasteiger partial charge >= 0.3 is 5.97 Å². The van der Waals surface area contributed by atoms with E-state index in [1.807, 2.05) is 37.3 Å². The quantitative estimate of drug-likeness (QED) is 0.443. The van der Waals surface area contributed by atoms with Crippen molar-refractivity contribution in [2.45, 2.75) is 46.6 Å². The molecule has 0 N–H and O–H groups in total. The second-order valence-corrected chi connectivity index (χ2v) is 8.62. The highest BCUT2D eigenvalue weighted by atomic mass is 16.5. The zero-order valence-electron chi connectivity index (χ0n) is 17.8. The number of carbonyl (C=O) groups is 2. The average Bonchev–Trinajstić information content (AvgIpc) is 3.13. The van der Waals surface area contributed by atoms with Crippen LogP contribution in [0.2, 0.25) is 0 Å². The monoisotopic (exact) mass is 390 g/mol. The van der Waals surface area contributed by atoms with Gasteiger partial charge in [0, 0.05) is 5.57 Å². The first-order valence-electron chi connectivity index (χ1n) is 10.2. The second-order valence-electron chi connectivity index (χ2n) is 8.62. The molecule has 1 saturated carbocycles. The van der Waals surface area contributed by atoms with Crippen molar-refractivity contribution in [1.29, 1.82) is 0 Å². The van der Waals surface area contributed by atoms with Crippen LogP contribution in [0.4, 0.5) is 0 Å². The van der Waals surface area contributed by atoms with Crippen LogP contribution in [0.5, 0.6) is 0 Å². The van der Waals surface area contributed by atoms with Gasteiger partial charge in [0.05, 0.1) is 12.3 Å². The number of ether oxygens (including phenoxy) is 1. The Labute approximate surface area is 173 Å². The third kappa shape index (κ3) is 4.34. The Morgan fingerprint density at radius 1 is 1.28 bits per heavy atom. The zero-order chi connectivity index (χ0) is 21.2. The van der Waals surface area contributed by atoms with Crippen LogP contribution in [0.1, 0.15) is 46.1 Å². The number of ketones is 1. The molecule has 0 aliphatic heterocycles. The van der Waals surface area contributed by atoms with E-state index in [0.29, 0.717) is 6.42 Å². The fourth-order valence-electron chi connectivity index (χ4n) is 4.26. The van der Waals surface area contributed by atoms with Crippen molar-refractivity contribution in [3.63, 3.8) is 0 Å². The van der Waals surface area contributed by atoms with Crippen LogP contribution in [0.15, 0.2) is 72.4 Å². The fourth-order valence-corrected chi connectivity index (χ4v) is 4.26. The minimum absolute atomic E-state index is 0.0698. The Morgan fingerprint density at radius 2 is 1.97 bits per heavy atom. The molecule has 3 atom stereocenters. The lowest BCUT2D eigenvalue weighted by molar-refractivity contribution is -0.150. The predicted octanol–water partition coefficient (Wildman–Crippen LogP) is 5.70. The fraction of sp³-hybridized carbons (Fsp3) is 0.385. The van der Waals surface area contributed by atoms with Gasteiger partial charge in [0.25, 0.3) is 0 Å². The molecule has 2 aliphatic rings. The molecule has 0 radical (unpaired) electrons. The van der Waals surface area contributed by atoms with Crippen LogP contribution < -0.4 is 0 Å². The van der Waals surface area contributed by atoms with Crippen LogP contribution in [0, 0.1) is 17.3 Å². The Balaban J connectivity index is 1.69. The predicted molar refractivity (Wildman–Crippen MR) is 117 cm³/mol. The first-order chi connectivity index (χ1) is 13.8. The summed E-state index contributed by atoms with van der Waals surface area (Å²) in [7, 11) is 0. The van der Waals surface area contributed by atoms with E-state index in [1.54, 1.807) is 6.08 Å². The maximum absolute atomic E-state index is 12.9. The van der Waals surface area contributed by atoms with Crippen LogP contribution >= 0.6 is 0 Å². The van der Waals surface area contributed by atoms with Gasteiger partial charge in [-0.3, -0.25) is 9.59 Å². The summed E-state index contributed by atoms with van der Waals surface area (Å²) in [5, 5.41) is 0. The Morgan fingerprint density at radius 3 is 2.62 bits per heavy atom. The third-order valence-electron chi connectivity index (χ3n) is 6.34. The van der Waals surface area contributed by atoms with E-state index in [4.69, 9.17) is 4.74 Å². The molecule has 2 aliphatic carbocycles. The normalized spacial score (nSPS) is 26.1. The van der Waals surface area contributed by atoms with E-state index in [0.717, 1.165) is 11.1 Å². The van der Waals surface area contributed by atoms with E-state index in [1.165, 1.54) is 11.1 Å². The number of hydrogen-bond donors (Lipinski definition) is 0. The van der Waals surface area contributed by atoms with Crippen LogP contribution in [0.25, 0.3) is 5.57 Å². The topological polar surface area (TPSA) is 43.4 Å². The number of hydrogen-bond acceptors (Lipinski definition) is 3. The molecular weight excluding hydrogens is 360 g/mol. The van der Waals surface area contributed by atoms with Crippen LogP contribution in [-0.2, 0) is 14.3 Å². The molecule has 0 bridgehead atoms. The van der Waals surface area contributed by atoms with Gasteiger partial charge in [0.15, 0.2) is 5.78 Å². The number of Topliss-reactive ketones (excluding diaryl/α,β-unsaturated/α-hetero) is 1. The van der Waals surface area contributed by atoms with Gasteiger partial charge in [0.2, 0.25) is 0 Å². The lowest BCUT2D eigenvalue weighted by Crippen LogP contribution is -2.20. The van der Waals surface area contributed by atoms with Crippen molar-refractivity contribution in [3.8, 4) is 0 Å². The number of allylic oxidation sites excluding steroid dienone is 6. The summed E-state index contributed by atoms with van der Waals surface area (Å²) in [5.74, 6) is -0.155. The lowest BCUT2D eigenvalue weighted by atomic mass is 10.0. The van der Waals surface area contributed by atoms with E-state index >= 15 is 0 Å². The van der Waals surface area contributed by atoms with Crippen molar-refractivity contribution >= 4 is 17.3 Å². The van der Waals surface area contributed by atoms with Gasteiger partial charge < -0.3 is 4.74 Å². The summed E-state index contributed by atoms with van der Waals surface area (Å²) < 4.78 is 5.82. The summed E-state index contributed by atoms with van der Waals surface area (Å²) in [4.78, 5) is 25.2. The maximum Gasteiger partial charge on any atom is 0.310 e. The molecule has 152 valence electrons. The standard InChI is InChI=1S/C26H30O3/c1-6-7-9-14-20-18(3)23(16-22(20)27)29-25(28)24-21(26(24,4)5)15-17(2)19-12-10-8-11-13-19/h6-13,15,21,23-24H,1,14,16H2,2-5H3/b9-7+,17-15-. The molecule has 3 rings (SSSR count). The summed E-state index contributed by atoms with van der Waals surface area (Å²) in [6, 6.07) is 10.2. The highest BCUT2D eigenvalue weighted by molar-refractivity contribution is 6.00. The minimum Gasteiger partial charge on any atom is -0.457 e. The molecule has 0 aromatic heterocycles. The first kappa shape index (κ1) is 21.0. The Hall–Kier alpha value is -2.68. The zero-order valence-corrected chi connectivity index (χ0v) is 17.8. The lowest BCUT2D eigenvalue weighted by Gasteiger charge is -2.13. The van der Waals surface area contributed by atoms with E-state index in [9.17, 15) is 9.59 Å². The molecule has 1 fully saturated rings. The number of carbonyl (C=O) groups excluding carboxylic acids is 2. The van der Waals surface area contributed by atoms with Crippen LogP contribution in [0.3, 0.4) is 0 Å². The molecule has 29 heavy (non-hydrogen) atoms. The van der Waals surface area contributed by atoms with Gasteiger partial charge in [0.1, 0.15) is 6.10 Å².